The third-order valence-electron chi connectivity index (χ3n) is 2.58. The monoisotopic (exact) mass is 270 g/mol. The molecule has 0 aliphatic rings. The number of alkyl halides is 3. The Morgan fingerprint density at radius 1 is 1.26 bits per heavy atom. The minimum absolute atomic E-state index is 0.162. The molecule has 0 unspecified atom stereocenters. The molecule has 0 spiro atoms. The van der Waals surface area contributed by atoms with Crippen molar-refractivity contribution in [2.75, 3.05) is 0 Å². The van der Waals surface area contributed by atoms with Crippen molar-refractivity contribution < 1.29 is 23.2 Å². The molecular weight excluding hydrogens is 260 g/mol. The van der Waals surface area contributed by atoms with E-state index >= 15 is 0 Å². The van der Waals surface area contributed by atoms with Crippen LogP contribution in [0.4, 0.5) is 13.2 Å². The van der Waals surface area contributed by atoms with Crippen LogP contribution in [0, 0.1) is 6.92 Å². The molecule has 19 heavy (non-hydrogen) atoms. The Labute approximate surface area is 107 Å². The van der Waals surface area contributed by atoms with Crippen molar-refractivity contribution in [3.05, 3.63) is 41.7 Å². The lowest BCUT2D eigenvalue weighted by Crippen LogP contribution is -2.31. The van der Waals surface area contributed by atoms with Gasteiger partial charge in [0.15, 0.2) is 0 Å². The van der Waals surface area contributed by atoms with Gasteiger partial charge in [0.25, 0.3) is 0 Å². The highest BCUT2D eigenvalue weighted by Gasteiger charge is 2.35. The molecule has 100 valence electrons. The standard InChI is InChI=1S/C11H10BF3N2O2/c1-7-5-16-17(6-7)10-3-2-8(12(18)19)4-9(10)11(13,14)15/h2-6,18-19H,1H3. The largest absolute Gasteiger partial charge is 0.488 e. The number of rotatable bonds is 2. The second-order valence-electron chi connectivity index (χ2n) is 4.11. The maximum Gasteiger partial charge on any atom is 0.488 e. The maximum atomic E-state index is 13.0. The Balaban J connectivity index is 2.61. The van der Waals surface area contributed by atoms with Gasteiger partial charge < -0.3 is 10.0 Å². The van der Waals surface area contributed by atoms with E-state index in [0.29, 0.717) is 6.07 Å². The van der Waals surface area contributed by atoms with Gasteiger partial charge in [0.1, 0.15) is 0 Å². The molecular formula is C11H10BF3N2O2. The fourth-order valence-corrected chi connectivity index (χ4v) is 1.69. The molecule has 0 saturated carbocycles. The van der Waals surface area contributed by atoms with E-state index < -0.39 is 18.9 Å². The summed E-state index contributed by atoms with van der Waals surface area (Å²) in [5.41, 5.74) is -0.634. The first kappa shape index (κ1) is 13.6. The van der Waals surface area contributed by atoms with Crippen LogP contribution in [0.2, 0.25) is 0 Å². The van der Waals surface area contributed by atoms with Crippen molar-refractivity contribution >= 4 is 12.6 Å². The molecule has 0 radical (unpaired) electrons. The SMILES string of the molecule is Cc1cnn(-c2ccc(B(O)O)cc2C(F)(F)F)c1. The molecule has 0 aliphatic carbocycles. The van der Waals surface area contributed by atoms with Gasteiger partial charge >= 0.3 is 13.3 Å². The summed E-state index contributed by atoms with van der Waals surface area (Å²) < 4.78 is 40.0. The normalized spacial score (nSPS) is 11.7. The van der Waals surface area contributed by atoms with Gasteiger partial charge in [0, 0.05) is 6.20 Å². The first-order valence-electron chi connectivity index (χ1n) is 5.38. The lowest BCUT2D eigenvalue weighted by molar-refractivity contribution is -0.137. The molecule has 0 saturated heterocycles. The zero-order chi connectivity index (χ0) is 14.2. The van der Waals surface area contributed by atoms with Gasteiger partial charge in [-0.15, -0.1) is 0 Å². The van der Waals surface area contributed by atoms with Crippen LogP contribution in [-0.4, -0.2) is 26.9 Å². The van der Waals surface area contributed by atoms with E-state index in [9.17, 15) is 13.2 Å². The zero-order valence-electron chi connectivity index (χ0n) is 9.89. The van der Waals surface area contributed by atoms with Crippen LogP contribution in [0.25, 0.3) is 5.69 Å². The smallest absolute Gasteiger partial charge is 0.423 e. The van der Waals surface area contributed by atoms with E-state index in [2.05, 4.69) is 5.10 Å². The van der Waals surface area contributed by atoms with Crippen LogP contribution in [-0.2, 0) is 6.18 Å². The molecule has 1 aromatic carbocycles. The minimum atomic E-state index is -4.61. The van der Waals surface area contributed by atoms with Gasteiger partial charge in [0.2, 0.25) is 0 Å². The summed E-state index contributed by atoms with van der Waals surface area (Å²) in [4.78, 5) is 0. The molecule has 8 heteroatoms. The van der Waals surface area contributed by atoms with Crippen LogP contribution < -0.4 is 5.46 Å². The number of hydrogen-bond acceptors (Lipinski definition) is 3. The minimum Gasteiger partial charge on any atom is -0.423 e. The molecule has 2 aromatic rings. The predicted octanol–water partition coefficient (Wildman–Crippen LogP) is 0.879. The predicted molar refractivity (Wildman–Crippen MR) is 63.1 cm³/mol. The quantitative estimate of drug-likeness (QED) is 0.796. The van der Waals surface area contributed by atoms with Gasteiger partial charge in [-0.2, -0.15) is 18.3 Å². The molecule has 1 heterocycles. The van der Waals surface area contributed by atoms with Gasteiger partial charge in [-0.05, 0) is 30.1 Å². The Kier molecular flexibility index (Phi) is 3.38. The first-order chi connectivity index (χ1) is 8.79. The Morgan fingerprint density at radius 2 is 1.95 bits per heavy atom. The molecule has 1 aromatic heterocycles. The van der Waals surface area contributed by atoms with Crippen LogP contribution >= 0.6 is 0 Å². The van der Waals surface area contributed by atoms with E-state index in [1.165, 1.54) is 18.5 Å². The third kappa shape index (κ3) is 2.79. The lowest BCUT2D eigenvalue weighted by atomic mass is 9.79. The lowest BCUT2D eigenvalue weighted by Gasteiger charge is -2.14. The summed E-state index contributed by atoms with van der Waals surface area (Å²) in [5, 5.41) is 21.7. The maximum absolute atomic E-state index is 13.0. The first-order valence-corrected chi connectivity index (χ1v) is 5.38. The Bertz CT molecular complexity index is 596. The van der Waals surface area contributed by atoms with Crippen molar-refractivity contribution in [2.24, 2.45) is 0 Å². The highest BCUT2D eigenvalue weighted by Crippen LogP contribution is 2.33. The van der Waals surface area contributed by atoms with Crippen molar-refractivity contribution in [3.63, 3.8) is 0 Å². The molecule has 0 aliphatic heterocycles. The molecule has 0 fully saturated rings. The van der Waals surface area contributed by atoms with Crippen molar-refractivity contribution in [1.82, 2.24) is 9.78 Å². The molecule has 2 rings (SSSR count). The molecule has 0 amide bonds. The fraction of sp³-hybridized carbons (Fsp3) is 0.182. The van der Waals surface area contributed by atoms with Crippen molar-refractivity contribution in [3.8, 4) is 5.69 Å². The number of aromatic nitrogens is 2. The van der Waals surface area contributed by atoms with Crippen LogP contribution in [0.15, 0.2) is 30.6 Å². The number of benzene rings is 1. The molecule has 0 atom stereocenters. The van der Waals surface area contributed by atoms with E-state index in [1.54, 1.807) is 6.92 Å². The summed E-state index contributed by atoms with van der Waals surface area (Å²) >= 11 is 0. The van der Waals surface area contributed by atoms with E-state index in [-0.39, 0.29) is 11.2 Å². The number of aryl methyl sites for hydroxylation is 1. The van der Waals surface area contributed by atoms with E-state index in [4.69, 9.17) is 10.0 Å². The summed E-state index contributed by atoms with van der Waals surface area (Å²) in [6.07, 6.45) is -1.71. The molecule has 0 bridgehead atoms. The van der Waals surface area contributed by atoms with Crippen LogP contribution in [0.3, 0.4) is 0 Å². The summed E-state index contributed by atoms with van der Waals surface area (Å²) in [5.74, 6) is 0. The highest BCUT2D eigenvalue weighted by atomic mass is 19.4. The van der Waals surface area contributed by atoms with Crippen molar-refractivity contribution in [1.29, 1.82) is 0 Å². The third-order valence-corrected chi connectivity index (χ3v) is 2.58. The van der Waals surface area contributed by atoms with Crippen molar-refractivity contribution in [2.45, 2.75) is 13.1 Å². The number of halogens is 3. The Hall–Kier alpha value is -1.80. The molecule has 4 nitrogen and oxygen atoms in total. The summed E-state index contributed by atoms with van der Waals surface area (Å²) in [6.45, 7) is 1.71. The fourth-order valence-electron chi connectivity index (χ4n) is 1.69. The topological polar surface area (TPSA) is 58.3 Å². The van der Waals surface area contributed by atoms with Gasteiger partial charge in [0.05, 0.1) is 17.4 Å². The van der Waals surface area contributed by atoms with Crippen LogP contribution in [0.5, 0.6) is 0 Å². The Morgan fingerprint density at radius 3 is 2.42 bits per heavy atom. The zero-order valence-corrected chi connectivity index (χ0v) is 9.89. The van der Waals surface area contributed by atoms with Gasteiger partial charge in [-0.1, -0.05) is 6.07 Å². The number of nitrogens with zero attached hydrogens (tertiary/aromatic N) is 2. The summed E-state index contributed by atoms with van der Waals surface area (Å²) in [7, 11) is -1.95. The van der Waals surface area contributed by atoms with Gasteiger partial charge in [-0.3, -0.25) is 0 Å². The van der Waals surface area contributed by atoms with E-state index in [0.717, 1.165) is 16.3 Å². The molecule has 2 N–H and O–H groups in total. The summed E-state index contributed by atoms with van der Waals surface area (Å²) in [6, 6.07) is 3.08. The van der Waals surface area contributed by atoms with E-state index in [1.807, 2.05) is 0 Å². The average molecular weight is 270 g/mol. The van der Waals surface area contributed by atoms with Crippen LogP contribution in [0.1, 0.15) is 11.1 Å². The average Bonchev–Trinajstić information content (AvgIpc) is 2.73. The second kappa shape index (κ2) is 4.71. The van der Waals surface area contributed by atoms with Gasteiger partial charge in [-0.25, -0.2) is 4.68 Å². The second-order valence-corrected chi connectivity index (χ2v) is 4.11. The highest BCUT2D eigenvalue weighted by molar-refractivity contribution is 6.58. The number of hydrogen-bond donors (Lipinski definition) is 2.